The number of anilines is 1. The first-order valence-electron chi connectivity index (χ1n) is 10.1. The Labute approximate surface area is 178 Å². The number of likely N-dealkylation sites (tertiary alicyclic amines) is 1. The van der Waals surface area contributed by atoms with Gasteiger partial charge in [0.1, 0.15) is 0 Å². The Morgan fingerprint density at radius 1 is 0.967 bits per heavy atom. The molecule has 7 heteroatoms. The molecular formula is C23H28N2O4S. The number of hydrogen-bond acceptors (Lipinski definition) is 4. The largest absolute Gasteiger partial charge is 0.338 e. The Hall–Kier alpha value is -2.67. The molecule has 1 saturated heterocycles. The summed E-state index contributed by atoms with van der Waals surface area (Å²) in [4.78, 5) is 27.7. The van der Waals surface area contributed by atoms with Crippen LogP contribution in [0, 0.1) is 18.8 Å². The van der Waals surface area contributed by atoms with E-state index >= 15 is 0 Å². The van der Waals surface area contributed by atoms with E-state index in [2.05, 4.69) is 19.2 Å². The molecule has 30 heavy (non-hydrogen) atoms. The quantitative estimate of drug-likeness (QED) is 0.804. The van der Waals surface area contributed by atoms with E-state index in [0.717, 1.165) is 31.3 Å². The predicted molar refractivity (Wildman–Crippen MR) is 118 cm³/mol. The summed E-state index contributed by atoms with van der Waals surface area (Å²) in [5.74, 6) is 0.554. The molecule has 2 atom stereocenters. The molecule has 0 radical (unpaired) electrons. The van der Waals surface area contributed by atoms with Gasteiger partial charge in [0.25, 0.3) is 11.8 Å². The van der Waals surface area contributed by atoms with E-state index in [4.69, 9.17) is 0 Å². The number of benzene rings is 2. The van der Waals surface area contributed by atoms with E-state index < -0.39 is 9.84 Å². The van der Waals surface area contributed by atoms with Gasteiger partial charge >= 0.3 is 0 Å². The first-order chi connectivity index (χ1) is 14.0. The molecule has 6 nitrogen and oxygen atoms in total. The summed E-state index contributed by atoms with van der Waals surface area (Å²) in [6.45, 7) is 7.66. The summed E-state index contributed by atoms with van der Waals surface area (Å²) >= 11 is 0. The predicted octanol–water partition coefficient (Wildman–Crippen LogP) is 3.77. The third kappa shape index (κ3) is 5.08. The molecule has 0 spiro atoms. The number of nitrogens with one attached hydrogen (secondary N) is 1. The van der Waals surface area contributed by atoms with Gasteiger partial charge in [0.15, 0.2) is 9.84 Å². The van der Waals surface area contributed by atoms with Crippen molar-refractivity contribution >= 4 is 27.3 Å². The summed E-state index contributed by atoms with van der Waals surface area (Å²) in [5, 5.41) is 2.84. The lowest BCUT2D eigenvalue weighted by Gasteiger charge is -2.35. The molecule has 2 amide bonds. The first-order valence-corrected chi connectivity index (χ1v) is 11.9. The lowest BCUT2D eigenvalue weighted by atomic mass is 9.91. The Morgan fingerprint density at radius 3 is 2.10 bits per heavy atom. The summed E-state index contributed by atoms with van der Waals surface area (Å²) in [5.41, 5.74) is 2.30. The Morgan fingerprint density at radius 2 is 1.53 bits per heavy atom. The van der Waals surface area contributed by atoms with Gasteiger partial charge in [-0.15, -0.1) is 0 Å². The Bertz CT molecular complexity index is 1050. The van der Waals surface area contributed by atoms with Crippen LogP contribution in [0.25, 0.3) is 0 Å². The highest BCUT2D eigenvalue weighted by molar-refractivity contribution is 7.90. The number of carbonyl (C=O) groups is 2. The molecule has 2 unspecified atom stereocenters. The third-order valence-electron chi connectivity index (χ3n) is 5.43. The van der Waals surface area contributed by atoms with E-state index in [9.17, 15) is 18.0 Å². The van der Waals surface area contributed by atoms with Gasteiger partial charge in [-0.25, -0.2) is 8.42 Å². The van der Waals surface area contributed by atoms with Gasteiger partial charge in [-0.3, -0.25) is 9.59 Å². The molecule has 1 fully saturated rings. The van der Waals surface area contributed by atoms with Crippen LogP contribution in [0.3, 0.4) is 0 Å². The first kappa shape index (κ1) is 22.0. The van der Waals surface area contributed by atoms with E-state index in [1.165, 1.54) is 24.3 Å². The van der Waals surface area contributed by atoms with Gasteiger partial charge in [-0.2, -0.15) is 0 Å². The molecule has 2 aromatic rings. The van der Waals surface area contributed by atoms with Crippen molar-refractivity contribution in [1.82, 2.24) is 4.90 Å². The second-order valence-corrected chi connectivity index (χ2v) is 10.5. The van der Waals surface area contributed by atoms with Crippen LogP contribution < -0.4 is 5.32 Å². The van der Waals surface area contributed by atoms with Crippen LogP contribution in [0.1, 0.15) is 46.5 Å². The van der Waals surface area contributed by atoms with E-state index in [-0.39, 0.29) is 16.7 Å². The summed E-state index contributed by atoms with van der Waals surface area (Å²) in [7, 11) is -3.32. The molecule has 0 saturated carbocycles. The minimum atomic E-state index is -3.32. The van der Waals surface area contributed by atoms with Crippen molar-refractivity contribution in [3.63, 3.8) is 0 Å². The second kappa shape index (κ2) is 8.60. The van der Waals surface area contributed by atoms with Crippen molar-refractivity contribution in [3.05, 3.63) is 59.2 Å². The van der Waals surface area contributed by atoms with Gasteiger partial charge in [-0.05, 0) is 67.1 Å². The Balaban J connectivity index is 1.78. The molecule has 3 rings (SSSR count). The molecule has 160 valence electrons. The molecule has 0 bridgehead atoms. The number of carbonyl (C=O) groups excluding carboxylic acids is 2. The minimum absolute atomic E-state index is 0.0265. The summed E-state index contributed by atoms with van der Waals surface area (Å²) in [6.07, 6.45) is 2.24. The fourth-order valence-electron chi connectivity index (χ4n) is 3.95. The van der Waals surface area contributed by atoms with Crippen LogP contribution in [0.15, 0.2) is 47.4 Å². The normalized spacial score (nSPS) is 19.4. The number of rotatable bonds is 4. The maximum Gasteiger partial charge on any atom is 0.255 e. The topological polar surface area (TPSA) is 83.6 Å². The fraction of sp³-hybridized carbons (Fsp3) is 0.391. The van der Waals surface area contributed by atoms with Crippen molar-refractivity contribution in [2.75, 3.05) is 24.7 Å². The minimum Gasteiger partial charge on any atom is -0.338 e. The van der Waals surface area contributed by atoms with Gasteiger partial charge < -0.3 is 10.2 Å². The zero-order valence-electron chi connectivity index (χ0n) is 17.8. The van der Waals surface area contributed by atoms with Crippen molar-refractivity contribution in [1.29, 1.82) is 0 Å². The number of sulfone groups is 1. The lowest BCUT2D eigenvalue weighted by Crippen LogP contribution is -2.42. The van der Waals surface area contributed by atoms with Crippen molar-refractivity contribution in [3.8, 4) is 0 Å². The fourth-order valence-corrected chi connectivity index (χ4v) is 4.58. The standard InChI is InChI=1S/C23H28N2O4S/c1-15-11-16(2)14-25(13-15)23(27)19-6-5-17(3)21(12-19)24-22(26)18-7-9-20(10-8-18)30(4,28)29/h5-10,12,15-16H,11,13-14H2,1-4H3,(H,24,26). The molecule has 2 aromatic carbocycles. The van der Waals surface area contributed by atoms with Crippen LogP contribution in [0.5, 0.6) is 0 Å². The number of amides is 2. The van der Waals surface area contributed by atoms with Gasteiger partial charge in [0, 0.05) is 36.2 Å². The van der Waals surface area contributed by atoms with Crippen LogP contribution in [0.2, 0.25) is 0 Å². The molecular weight excluding hydrogens is 400 g/mol. The zero-order chi connectivity index (χ0) is 22.1. The number of piperidine rings is 1. The van der Waals surface area contributed by atoms with Gasteiger partial charge in [-0.1, -0.05) is 19.9 Å². The van der Waals surface area contributed by atoms with E-state index in [1.54, 1.807) is 12.1 Å². The molecule has 1 aliphatic rings. The van der Waals surface area contributed by atoms with E-state index in [1.807, 2.05) is 17.9 Å². The number of nitrogens with zero attached hydrogens (tertiary/aromatic N) is 1. The van der Waals surface area contributed by atoms with E-state index in [0.29, 0.717) is 28.7 Å². The molecule has 1 N–H and O–H groups in total. The van der Waals surface area contributed by atoms with Crippen LogP contribution in [0.4, 0.5) is 5.69 Å². The van der Waals surface area contributed by atoms with Crippen molar-refractivity contribution in [2.24, 2.45) is 11.8 Å². The highest BCUT2D eigenvalue weighted by Crippen LogP contribution is 2.24. The zero-order valence-corrected chi connectivity index (χ0v) is 18.6. The number of hydrogen-bond donors (Lipinski definition) is 1. The van der Waals surface area contributed by atoms with Gasteiger partial charge in [0.2, 0.25) is 0 Å². The highest BCUT2D eigenvalue weighted by atomic mass is 32.2. The average molecular weight is 429 g/mol. The molecule has 1 heterocycles. The lowest BCUT2D eigenvalue weighted by molar-refractivity contribution is 0.0623. The maximum atomic E-state index is 13.0. The van der Waals surface area contributed by atoms with Crippen LogP contribution in [-0.4, -0.2) is 44.5 Å². The van der Waals surface area contributed by atoms with Crippen molar-refractivity contribution in [2.45, 2.75) is 32.1 Å². The van der Waals surface area contributed by atoms with Crippen LogP contribution >= 0.6 is 0 Å². The number of aryl methyl sites for hydroxylation is 1. The molecule has 1 aliphatic heterocycles. The summed E-state index contributed by atoms with van der Waals surface area (Å²) < 4.78 is 23.2. The SMILES string of the molecule is Cc1ccc(C(=O)N2CC(C)CC(C)C2)cc1NC(=O)c1ccc(S(C)(=O)=O)cc1. The average Bonchev–Trinajstić information content (AvgIpc) is 2.67. The maximum absolute atomic E-state index is 13.0. The van der Waals surface area contributed by atoms with Gasteiger partial charge in [0.05, 0.1) is 4.90 Å². The summed E-state index contributed by atoms with van der Waals surface area (Å²) in [6, 6.07) is 11.1. The van der Waals surface area contributed by atoms with Crippen molar-refractivity contribution < 1.29 is 18.0 Å². The monoisotopic (exact) mass is 428 g/mol. The highest BCUT2D eigenvalue weighted by Gasteiger charge is 2.26. The Kier molecular flexibility index (Phi) is 6.31. The molecule has 0 aliphatic carbocycles. The smallest absolute Gasteiger partial charge is 0.255 e. The third-order valence-corrected chi connectivity index (χ3v) is 6.56. The molecule has 0 aromatic heterocycles. The second-order valence-electron chi connectivity index (χ2n) is 8.44. The van der Waals surface area contributed by atoms with Crippen LogP contribution in [-0.2, 0) is 9.84 Å².